The van der Waals surface area contributed by atoms with Crippen molar-refractivity contribution in [3.05, 3.63) is 176 Å². The fraction of sp³-hybridized carbons (Fsp3) is 0. The number of hydrogen-bond donors (Lipinski definition) is 0. The van der Waals surface area contributed by atoms with Crippen LogP contribution in [0.3, 0.4) is 0 Å². The molecule has 0 atom stereocenters. The molecule has 0 N–H and O–H groups in total. The topological polar surface area (TPSA) is 3.24 Å². The lowest BCUT2D eigenvalue weighted by atomic mass is 9.94. The summed E-state index contributed by atoms with van der Waals surface area (Å²) in [6.07, 6.45) is 0. The first-order valence-electron chi connectivity index (χ1n) is 16.4. The van der Waals surface area contributed by atoms with Crippen LogP contribution in [0.1, 0.15) is 0 Å². The second-order valence-corrected chi connectivity index (χ2v) is 13.6. The molecule has 0 amide bonds. The molecular weight excluding hydrogens is 599 g/mol. The van der Waals surface area contributed by atoms with Gasteiger partial charge in [0.05, 0.1) is 5.69 Å². The number of benzene rings is 9. The maximum atomic E-state index is 2.41. The zero-order valence-corrected chi connectivity index (χ0v) is 26.9. The molecule has 0 unspecified atom stereocenters. The highest BCUT2D eigenvalue weighted by atomic mass is 32.1. The van der Waals surface area contributed by atoms with Gasteiger partial charge in [0.2, 0.25) is 0 Å². The summed E-state index contributed by atoms with van der Waals surface area (Å²) in [4.78, 5) is 2.41. The summed E-state index contributed by atoms with van der Waals surface area (Å²) in [6, 6.07) is 64.4. The van der Waals surface area contributed by atoms with E-state index in [4.69, 9.17) is 0 Å². The first-order valence-corrected chi connectivity index (χ1v) is 17.2. The van der Waals surface area contributed by atoms with Crippen LogP contribution in [-0.2, 0) is 0 Å². The van der Waals surface area contributed by atoms with E-state index in [1.165, 1.54) is 80.1 Å². The van der Waals surface area contributed by atoms with Crippen LogP contribution in [0.25, 0.3) is 74.4 Å². The Morgan fingerprint density at radius 3 is 1.83 bits per heavy atom. The van der Waals surface area contributed by atoms with Gasteiger partial charge in [-0.15, -0.1) is 11.3 Å². The van der Waals surface area contributed by atoms with Crippen molar-refractivity contribution in [3.63, 3.8) is 0 Å². The van der Waals surface area contributed by atoms with Crippen molar-refractivity contribution in [2.75, 3.05) is 4.90 Å². The van der Waals surface area contributed by atoms with Crippen molar-refractivity contribution in [2.45, 2.75) is 0 Å². The fourth-order valence-corrected chi connectivity index (χ4v) is 8.81. The normalized spacial score (nSPS) is 11.8. The highest BCUT2D eigenvalue weighted by Crippen LogP contribution is 2.46. The van der Waals surface area contributed by atoms with Crippen molar-refractivity contribution >= 4 is 91.7 Å². The lowest BCUT2D eigenvalue weighted by Crippen LogP contribution is -2.10. The average molecular weight is 628 g/mol. The molecule has 9 aromatic carbocycles. The Morgan fingerprint density at radius 1 is 0.354 bits per heavy atom. The van der Waals surface area contributed by atoms with Gasteiger partial charge in [0.15, 0.2) is 0 Å². The highest BCUT2D eigenvalue weighted by Gasteiger charge is 2.19. The van der Waals surface area contributed by atoms with Gasteiger partial charge < -0.3 is 4.90 Å². The first-order chi connectivity index (χ1) is 23.8. The number of rotatable bonds is 4. The molecule has 0 fully saturated rings. The van der Waals surface area contributed by atoms with E-state index in [0.29, 0.717) is 0 Å². The summed E-state index contributed by atoms with van der Waals surface area (Å²) in [5.74, 6) is 0. The van der Waals surface area contributed by atoms with Crippen molar-refractivity contribution in [3.8, 4) is 11.1 Å². The third kappa shape index (κ3) is 4.24. The summed E-state index contributed by atoms with van der Waals surface area (Å²) in [5.41, 5.74) is 5.89. The van der Waals surface area contributed by atoms with Crippen LogP contribution in [0.5, 0.6) is 0 Å². The molecule has 1 heterocycles. The van der Waals surface area contributed by atoms with Gasteiger partial charge in [0.1, 0.15) is 0 Å². The van der Waals surface area contributed by atoms with Crippen LogP contribution in [-0.4, -0.2) is 0 Å². The summed E-state index contributed by atoms with van der Waals surface area (Å²) in [7, 11) is 0. The number of nitrogens with zero attached hydrogens (tertiary/aromatic N) is 1. The van der Waals surface area contributed by atoms with Crippen LogP contribution in [0.4, 0.5) is 17.1 Å². The minimum Gasteiger partial charge on any atom is -0.310 e. The molecule has 0 spiro atoms. The van der Waals surface area contributed by atoms with Crippen molar-refractivity contribution in [1.82, 2.24) is 0 Å². The molecule has 0 saturated carbocycles. The van der Waals surface area contributed by atoms with E-state index >= 15 is 0 Å². The van der Waals surface area contributed by atoms with Gasteiger partial charge in [-0.25, -0.2) is 0 Å². The Labute approximate surface area is 282 Å². The monoisotopic (exact) mass is 627 g/mol. The number of para-hydroxylation sites is 1. The predicted octanol–water partition coefficient (Wildman–Crippen LogP) is 13.8. The molecule has 10 rings (SSSR count). The quantitative estimate of drug-likeness (QED) is 0.176. The van der Waals surface area contributed by atoms with E-state index in [2.05, 4.69) is 181 Å². The van der Waals surface area contributed by atoms with Crippen molar-refractivity contribution < 1.29 is 0 Å². The second-order valence-electron chi connectivity index (χ2n) is 12.5. The molecular formula is C46H29NS. The minimum atomic E-state index is 1.13. The molecule has 48 heavy (non-hydrogen) atoms. The third-order valence-corrected chi connectivity index (χ3v) is 11.0. The summed E-state index contributed by atoms with van der Waals surface area (Å²) >= 11 is 1.89. The molecule has 0 radical (unpaired) electrons. The summed E-state index contributed by atoms with van der Waals surface area (Å²) in [5, 5.41) is 12.9. The van der Waals surface area contributed by atoms with E-state index in [9.17, 15) is 0 Å². The molecule has 2 heteroatoms. The van der Waals surface area contributed by atoms with Crippen LogP contribution < -0.4 is 4.90 Å². The molecule has 0 saturated heterocycles. The van der Waals surface area contributed by atoms with E-state index in [1.54, 1.807) is 0 Å². The largest absolute Gasteiger partial charge is 0.310 e. The lowest BCUT2D eigenvalue weighted by molar-refractivity contribution is 1.30. The first kappa shape index (κ1) is 27.2. The van der Waals surface area contributed by atoms with Gasteiger partial charge in [0.25, 0.3) is 0 Å². The summed E-state index contributed by atoms with van der Waals surface area (Å²) in [6.45, 7) is 0. The minimum absolute atomic E-state index is 1.13. The highest BCUT2D eigenvalue weighted by molar-refractivity contribution is 7.26. The number of anilines is 3. The molecule has 0 bridgehead atoms. The zero-order chi connectivity index (χ0) is 31.6. The number of thiophene rings is 1. The molecule has 224 valence electrons. The zero-order valence-electron chi connectivity index (χ0n) is 26.1. The van der Waals surface area contributed by atoms with Gasteiger partial charge in [-0.2, -0.15) is 0 Å². The van der Waals surface area contributed by atoms with Crippen LogP contribution in [0.2, 0.25) is 0 Å². The van der Waals surface area contributed by atoms with E-state index in [1.807, 2.05) is 11.3 Å². The summed E-state index contributed by atoms with van der Waals surface area (Å²) < 4.78 is 2.65. The van der Waals surface area contributed by atoms with Gasteiger partial charge in [-0.05, 0) is 91.3 Å². The van der Waals surface area contributed by atoms with Gasteiger partial charge in [-0.3, -0.25) is 0 Å². The van der Waals surface area contributed by atoms with Gasteiger partial charge >= 0.3 is 0 Å². The van der Waals surface area contributed by atoms with Crippen molar-refractivity contribution in [1.29, 1.82) is 0 Å². The van der Waals surface area contributed by atoms with Crippen molar-refractivity contribution in [2.24, 2.45) is 0 Å². The van der Waals surface area contributed by atoms with E-state index < -0.39 is 0 Å². The van der Waals surface area contributed by atoms with E-state index in [-0.39, 0.29) is 0 Å². The predicted molar refractivity (Wildman–Crippen MR) is 209 cm³/mol. The van der Waals surface area contributed by atoms with Gasteiger partial charge in [-0.1, -0.05) is 133 Å². The van der Waals surface area contributed by atoms with Gasteiger partial charge in [0, 0.05) is 36.9 Å². The fourth-order valence-electron chi connectivity index (χ4n) is 7.54. The number of fused-ring (bicyclic) bond motifs is 10. The van der Waals surface area contributed by atoms with Crippen LogP contribution >= 0.6 is 11.3 Å². The molecule has 1 nitrogen and oxygen atoms in total. The maximum Gasteiger partial charge on any atom is 0.0554 e. The Hall–Kier alpha value is -5.96. The van der Waals surface area contributed by atoms with Crippen LogP contribution in [0, 0.1) is 0 Å². The SMILES string of the molecule is c1ccc(N(c2ccc(-c3ccc4c(ccc5ccc6ccccc6c54)c3)cc2)c2cccc3ccc4c5ccccc5sc4c23)cc1. The Morgan fingerprint density at radius 2 is 0.958 bits per heavy atom. The Bertz CT molecular complexity index is 2830. The third-order valence-electron chi connectivity index (χ3n) is 9.80. The maximum absolute atomic E-state index is 2.41. The Kier molecular flexibility index (Phi) is 6.12. The Balaban J connectivity index is 1.12. The second kappa shape index (κ2) is 10.8. The molecule has 0 aliphatic carbocycles. The molecule has 1 aromatic heterocycles. The lowest BCUT2D eigenvalue weighted by Gasteiger charge is -2.27. The van der Waals surface area contributed by atoms with E-state index in [0.717, 1.165) is 11.4 Å². The molecule has 10 aromatic rings. The number of hydrogen-bond acceptors (Lipinski definition) is 2. The smallest absolute Gasteiger partial charge is 0.0554 e. The van der Waals surface area contributed by atoms with Crippen LogP contribution in [0.15, 0.2) is 176 Å². The molecule has 0 aliphatic rings. The molecule has 0 aliphatic heterocycles. The average Bonchev–Trinajstić information content (AvgIpc) is 3.54. The standard InChI is InChI=1S/C46H29NS/c1-2-11-36(12-3-1)47(42-15-8-10-32-23-28-41-40-14-6-7-16-43(40)48-46(41)45(32)42)37-25-21-30(22-26-37)34-24-27-39-35(29-34)20-19-33-18-17-31-9-4-5-13-38(31)44(33)39/h1-29H.